The summed E-state index contributed by atoms with van der Waals surface area (Å²) in [7, 11) is 0. The lowest BCUT2D eigenvalue weighted by Gasteiger charge is -2.16. The molecule has 0 saturated carbocycles. The Bertz CT molecular complexity index is 97.2. The highest BCUT2D eigenvalue weighted by Crippen LogP contribution is 2.08. The smallest absolute Gasteiger partial charge is 0.0569 e. The van der Waals surface area contributed by atoms with Crippen LogP contribution in [0.5, 0.6) is 0 Å². The lowest BCUT2D eigenvalue weighted by Crippen LogP contribution is -2.16. The first-order valence-corrected chi connectivity index (χ1v) is 5.15. The second-order valence-corrected chi connectivity index (χ2v) is 4.36. The zero-order chi connectivity index (χ0) is 9.56. The van der Waals surface area contributed by atoms with Crippen LogP contribution in [0.1, 0.15) is 47.5 Å². The van der Waals surface area contributed by atoms with Gasteiger partial charge in [-0.25, -0.2) is 0 Å². The van der Waals surface area contributed by atoms with Gasteiger partial charge in [-0.15, -0.1) is 0 Å². The third-order valence-electron chi connectivity index (χ3n) is 2.25. The van der Waals surface area contributed by atoms with Crippen molar-refractivity contribution in [3.05, 3.63) is 0 Å². The minimum absolute atomic E-state index is 0.414. The first-order valence-electron chi connectivity index (χ1n) is 5.15. The second kappa shape index (κ2) is 6.47. The van der Waals surface area contributed by atoms with Crippen LogP contribution in [-0.2, 0) is 4.74 Å². The van der Waals surface area contributed by atoms with Crippen molar-refractivity contribution in [3.63, 3.8) is 0 Å². The summed E-state index contributed by atoms with van der Waals surface area (Å²) in [6.07, 6.45) is 2.90. The summed E-state index contributed by atoms with van der Waals surface area (Å²) < 4.78 is 5.65. The molecule has 1 heteroatoms. The zero-order valence-corrected chi connectivity index (χ0v) is 9.26. The minimum atomic E-state index is 0.414. The van der Waals surface area contributed by atoms with Crippen LogP contribution in [0, 0.1) is 11.8 Å². The maximum absolute atomic E-state index is 5.65. The summed E-state index contributed by atoms with van der Waals surface area (Å²) in [4.78, 5) is 0. The maximum atomic E-state index is 5.65. The Labute approximate surface area is 77.5 Å². The minimum Gasteiger partial charge on any atom is -0.378 e. The Balaban J connectivity index is 3.20. The average Bonchev–Trinajstić information content (AvgIpc) is 1.97. The highest BCUT2D eigenvalue weighted by atomic mass is 16.5. The van der Waals surface area contributed by atoms with E-state index in [9.17, 15) is 0 Å². The van der Waals surface area contributed by atoms with E-state index >= 15 is 0 Å². The molecule has 0 aliphatic carbocycles. The third-order valence-corrected chi connectivity index (χ3v) is 2.25. The van der Waals surface area contributed by atoms with Crippen molar-refractivity contribution >= 4 is 0 Å². The van der Waals surface area contributed by atoms with Gasteiger partial charge in [0.25, 0.3) is 0 Å². The lowest BCUT2D eigenvalue weighted by atomic mass is 10.1. The maximum Gasteiger partial charge on any atom is 0.0569 e. The highest BCUT2D eigenvalue weighted by molar-refractivity contribution is 4.54. The van der Waals surface area contributed by atoms with Gasteiger partial charge in [-0.3, -0.25) is 0 Å². The quantitative estimate of drug-likeness (QED) is 0.557. The van der Waals surface area contributed by atoms with Crippen LogP contribution >= 0.6 is 0 Å². The predicted molar refractivity (Wildman–Crippen MR) is 54.3 cm³/mol. The van der Waals surface area contributed by atoms with Crippen LogP contribution in [0.15, 0.2) is 0 Å². The Morgan fingerprint density at radius 3 is 2.00 bits per heavy atom. The van der Waals surface area contributed by atoms with Gasteiger partial charge < -0.3 is 4.74 Å². The molecule has 0 aromatic carbocycles. The van der Waals surface area contributed by atoms with E-state index in [4.69, 9.17) is 4.74 Å². The van der Waals surface area contributed by atoms with Crippen molar-refractivity contribution in [1.29, 1.82) is 0 Å². The van der Waals surface area contributed by atoms with Gasteiger partial charge in [0.15, 0.2) is 0 Å². The summed E-state index contributed by atoms with van der Waals surface area (Å²) in [5, 5.41) is 0. The normalized spacial score (nSPS) is 14.2. The molecule has 0 aromatic heterocycles. The van der Waals surface area contributed by atoms with Gasteiger partial charge in [0.2, 0.25) is 0 Å². The molecular formula is C11H24O. The Kier molecular flexibility index (Phi) is 6.45. The van der Waals surface area contributed by atoms with Crippen molar-refractivity contribution < 1.29 is 4.74 Å². The van der Waals surface area contributed by atoms with Gasteiger partial charge in [-0.2, -0.15) is 0 Å². The van der Waals surface area contributed by atoms with E-state index in [1.165, 1.54) is 12.8 Å². The highest BCUT2D eigenvalue weighted by Gasteiger charge is 2.06. The third kappa shape index (κ3) is 6.66. The van der Waals surface area contributed by atoms with E-state index < -0.39 is 0 Å². The Morgan fingerprint density at radius 2 is 1.58 bits per heavy atom. The fourth-order valence-electron chi connectivity index (χ4n) is 0.953. The molecule has 0 fully saturated rings. The van der Waals surface area contributed by atoms with Gasteiger partial charge in [0.1, 0.15) is 0 Å². The standard InChI is InChI=1S/C11H24O/c1-9(2)7-6-8-12-11(5)10(3)4/h9-11H,6-8H2,1-5H3/t11-/m1/s1. The Hall–Kier alpha value is -0.0400. The fraction of sp³-hybridized carbons (Fsp3) is 1.00. The van der Waals surface area contributed by atoms with Crippen LogP contribution in [0.25, 0.3) is 0 Å². The molecule has 0 rings (SSSR count). The average molecular weight is 172 g/mol. The van der Waals surface area contributed by atoms with E-state index in [1.807, 2.05) is 0 Å². The van der Waals surface area contributed by atoms with Crippen molar-refractivity contribution in [3.8, 4) is 0 Å². The van der Waals surface area contributed by atoms with Crippen molar-refractivity contribution in [1.82, 2.24) is 0 Å². The number of ether oxygens (including phenoxy) is 1. The van der Waals surface area contributed by atoms with Gasteiger partial charge in [-0.05, 0) is 31.6 Å². The molecule has 0 radical (unpaired) electrons. The molecule has 0 unspecified atom stereocenters. The predicted octanol–water partition coefficient (Wildman–Crippen LogP) is 3.48. The molecule has 0 heterocycles. The molecule has 1 nitrogen and oxygen atoms in total. The number of hydrogen-bond donors (Lipinski definition) is 0. The van der Waals surface area contributed by atoms with Crippen LogP contribution in [0.3, 0.4) is 0 Å². The van der Waals surface area contributed by atoms with E-state index in [0.717, 1.165) is 12.5 Å². The van der Waals surface area contributed by atoms with E-state index in [0.29, 0.717) is 12.0 Å². The summed E-state index contributed by atoms with van der Waals surface area (Å²) in [6, 6.07) is 0. The molecule has 0 spiro atoms. The molecule has 0 aliphatic rings. The van der Waals surface area contributed by atoms with Crippen molar-refractivity contribution in [2.45, 2.75) is 53.6 Å². The molecule has 0 N–H and O–H groups in total. The fourth-order valence-corrected chi connectivity index (χ4v) is 0.953. The van der Waals surface area contributed by atoms with E-state index in [1.54, 1.807) is 0 Å². The molecule has 0 bridgehead atoms. The first kappa shape index (κ1) is 12.0. The van der Waals surface area contributed by atoms with Gasteiger partial charge >= 0.3 is 0 Å². The zero-order valence-electron chi connectivity index (χ0n) is 9.26. The molecule has 12 heavy (non-hydrogen) atoms. The molecule has 1 atom stereocenters. The lowest BCUT2D eigenvalue weighted by molar-refractivity contribution is 0.0322. The van der Waals surface area contributed by atoms with Crippen LogP contribution in [-0.4, -0.2) is 12.7 Å². The summed E-state index contributed by atoms with van der Waals surface area (Å²) in [5.41, 5.74) is 0. The molecular weight excluding hydrogens is 148 g/mol. The van der Waals surface area contributed by atoms with Crippen molar-refractivity contribution in [2.24, 2.45) is 11.8 Å². The monoisotopic (exact) mass is 172 g/mol. The van der Waals surface area contributed by atoms with Crippen LogP contribution in [0.4, 0.5) is 0 Å². The van der Waals surface area contributed by atoms with E-state index in [-0.39, 0.29) is 0 Å². The van der Waals surface area contributed by atoms with Crippen LogP contribution < -0.4 is 0 Å². The Morgan fingerprint density at radius 1 is 1.00 bits per heavy atom. The molecule has 0 aliphatic heterocycles. The molecule has 0 aromatic rings. The van der Waals surface area contributed by atoms with E-state index in [2.05, 4.69) is 34.6 Å². The number of rotatable bonds is 6. The number of hydrogen-bond acceptors (Lipinski definition) is 1. The van der Waals surface area contributed by atoms with Crippen molar-refractivity contribution in [2.75, 3.05) is 6.61 Å². The van der Waals surface area contributed by atoms with Gasteiger partial charge in [0, 0.05) is 6.61 Å². The SMILES string of the molecule is CC(C)CCCO[C@H](C)C(C)C. The second-order valence-electron chi connectivity index (χ2n) is 4.36. The van der Waals surface area contributed by atoms with Crippen LogP contribution in [0.2, 0.25) is 0 Å². The topological polar surface area (TPSA) is 9.23 Å². The van der Waals surface area contributed by atoms with Gasteiger partial charge in [0.05, 0.1) is 6.10 Å². The summed E-state index contributed by atoms with van der Waals surface area (Å²) >= 11 is 0. The molecule has 74 valence electrons. The summed E-state index contributed by atoms with van der Waals surface area (Å²) in [5.74, 6) is 1.45. The summed E-state index contributed by atoms with van der Waals surface area (Å²) in [6.45, 7) is 12.0. The molecule has 0 saturated heterocycles. The first-order chi connectivity index (χ1) is 5.54. The largest absolute Gasteiger partial charge is 0.378 e. The van der Waals surface area contributed by atoms with Gasteiger partial charge in [-0.1, -0.05) is 27.7 Å². The molecule has 0 amide bonds.